The minimum Gasteiger partial charge on any atom is -0.479 e. The molecule has 41 heavy (non-hydrogen) atoms. The van der Waals surface area contributed by atoms with Crippen molar-refractivity contribution in [2.24, 2.45) is 0 Å². The summed E-state index contributed by atoms with van der Waals surface area (Å²) < 4.78 is 75.6. The Morgan fingerprint density at radius 3 is 2.15 bits per heavy atom. The van der Waals surface area contributed by atoms with Crippen molar-refractivity contribution in [3.05, 3.63) is 41.2 Å². The molecule has 2 atom stereocenters. The second kappa shape index (κ2) is 13.3. The molecule has 3 aromatic heterocycles. The van der Waals surface area contributed by atoms with E-state index in [1.54, 1.807) is 0 Å². The van der Waals surface area contributed by atoms with Crippen LogP contribution in [0.25, 0.3) is 5.69 Å². The summed E-state index contributed by atoms with van der Waals surface area (Å²) in [5, 5.41) is 7.80. The number of sulfone groups is 1. The van der Waals surface area contributed by atoms with Crippen LogP contribution < -0.4 is 9.47 Å². The summed E-state index contributed by atoms with van der Waals surface area (Å²) in [7, 11) is 0.180. The number of hydrogen-bond donors (Lipinski definition) is 0. The summed E-state index contributed by atoms with van der Waals surface area (Å²) in [6.45, 7) is -1.37. The highest BCUT2D eigenvalue weighted by Gasteiger charge is 2.37. The van der Waals surface area contributed by atoms with E-state index in [1.165, 1.54) is 51.5 Å². The quantitative estimate of drug-likeness (QED) is 0.292. The maximum atomic E-state index is 13.7. The molecule has 1 aliphatic rings. The van der Waals surface area contributed by atoms with Gasteiger partial charge in [-0.3, -0.25) is 4.57 Å². The Hall–Kier alpha value is -3.08. The molecule has 1 saturated carbocycles. The van der Waals surface area contributed by atoms with Gasteiger partial charge in [-0.1, -0.05) is 11.6 Å². The first-order chi connectivity index (χ1) is 19.6. The minimum atomic E-state index is -3.98. The number of methoxy groups -OCH3 is 3. The smallest absolute Gasteiger partial charge is 0.345 e. The Balaban J connectivity index is 1.74. The van der Waals surface area contributed by atoms with Crippen molar-refractivity contribution in [1.29, 1.82) is 0 Å². The summed E-state index contributed by atoms with van der Waals surface area (Å²) in [5.74, 6) is -0.00694. The first-order valence-corrected chi connectivity index (χ1v) is 14.7. The molecule has 1 fully saturated rings. The average molecular weight is 618 g/mol. The molecule has 3 heterocycles. The van der Waals surface area contributed by atoms with E-state index in [0.717, 1.165) is 0 Å². The van der Waals surface area contributed by atoms with Crippen molar-refractivity contribution in [3.8, 4) is 17.4 Å². The van der Waals surface area contributed by atoms with E-state index in [-0.39, 0.29) is 35.0 Å². The fourth-order valence-corrected chi connectivity index (χ4v) is 6.36. The summed E-state index contributed by atoms with van der Waals surface area (Å²) in [4.78, 5) is 16.6. The maximum Gasteiger partial charge on any atom is 0.345 e. The highest BCUT2D eigenvalue weighted by atomic mass is 35.5. The molecular weight excluding hydrogens is 588 g/mol. The Bertz CT molecular complexity index is 1400. The van der Waals surface area contributed by atoms with Gasteiger partial charge in [0.25, 0.3) is 0 Å². The number of rotatable bonds is 12. The fourth-order valence-electron chi connectivity index (χ4n) is 4.85. The van der Waals surface area contributed by atoms with Gasteiger partial charge in [0.15, 0.2) is 27.2 Å². The third-order valence-electron chi connectivity index (χ3n) is 6.93. The van der Waals surface area contributed by atoms with Gasteiger partial charge < -0.3 is 18.9 Å². The van der Waals surface area contributed by atoms with Gasteiger partial charge in [-0.15, -0.1) is 10.2 Å². The van der Waals surface area contributed by atoms with Gasteiger partial charge in [0.1, 0.15) is 24.0 Å². The number of halogens is 3. The van der Waals surface area contributed by atoms with E-state index in [4.69, 9.17) is 30.5 Å². The first kappa shape index (κ1) is 30.9. The molecule has 3 aromatic rings. The van der Waals surface area contributed by atoms with Crippen LogP contribution in [0.4, 0.5) is 8.78 Å². The summed E-state index contributed by atoms with van der Waals surface area (Å²) in [5.41, 5.74) is 0.214. The average Bonchev–Trinajstić information content (AvgIpc) is 3.36. The van der Waals surface area contributed by atoms with Crippen LogP contribution in [0.3, 0.4) is 0 Å². The van der Waals surface area contributed by atoms with Gasteiger partial charge in [0, 0.05) is 25.4 Å². The van der Waals surface area contributed by atoms with Crippen LogP contribution in [-0.2, 0) is 25.1 Å². The summed E-state index contributed by atoms with van der Waals surface area (Å²) in [6, 6.07) is 0. The third kappa shape index (κ3) is 6.88. The molecule has 0 aromatic carbocycles. The zero-order valence-corrected chi connectivity index (χ0v) is 24.3. The molecule has 0 amide bonds. The second-order valence-electron chi connectivity index (χ2n) is 9.35. The van der Waals surface area contributed by atoms with Crippen LogP contribution in [0.15, 0.2) is 18.7 Å². The fraction of sp³-hybridized carbons (Fsp3) is 0.583. The molecule has 0 saturated heterocycles. The first-order valence-electron chi connectivity index (χ1n) is 12.6. The molecule has 0 spiro atoms. The summed E-state index contributed by atoms with van der Waals surface area (Å²) in [6.07, 6.45) is 4.00. The van der Waals surface area contributed by atoms with Gasteiger partial charge >= 0.3 is 6.61 Å². The number of ether oxygens (including phenoxy) is 4. The van der Waals surface area contributed by atoms with Crippen molar-refractivity contribution < 1.29 is 36.1 Å². The highest BCUT2D eigenvalue weighted by molar-refractivity contribution is 7.91. The largest absolute Gasteiger partial charge is 0.479 e. The van der Waals surface area contributed by atoms with Crippen LogP contribution in [0.2, 0.25) is 5.02 Å². The predicted octanol–water partition coefficient (Wildman–Crippen LogP) is 3.47. The van der Waals surface area contributed by atoms with Crippen molar-refractivity contribution >= 4 is 21.4 Å². The normalized spacial score (nSPS) is 19.2. The third-order valence-corrected chi connectivity index (χ3v) is 9.16. The number of alkyl halides is 2. The van der Waals surface area contributed by atoms with Crippen LogP contribution in [-0.4, -0.2) is 82.4 Å². The lowest BCUT2D eigenvalue weighted by Crippen LogP contribution is -2.30. The molecular formula is C24H30ClF2N7O6S. The number of nitrogens with zero attached hydrogens (tertiary/aromatic N) is 7. The summed E-state index contributed by atoms with van der Waals surface area (Å²) >= 11 is 5.88. The number of hydrogen-bond acceptors (Lipinski definition) is 12. The lowest BCUT2D eigenvalue weighted by atomic mass is 9.86. The van der Waals surface area contributed by atoms with E-state index in [0.29, 0.717) is 36.5 Å². The molecule has 1 aliphatic carbocycles. The predicted molar refractivity (Wildman–Crippen MR) is 141 cm³/mol. The Morgan fingerprint density at radius 1 is 1.00 bits per heavy atom. The zero-order chi connectivity index (χ0) is 29.7. The van der Waals surface area contributed by atoms with E-state index in [9.17, 15) is 17.2 Å². The van der Waals surface area contributed by atoms with E-state index in [1.807, 2.05) is 0 Å². The van der Waals surface area contributed by atoms with E-state index >= 15 is 0 Å². The lowest BCUT2D eigenvalue weighted by Gasteiger charge is -2.28. The van der Waals surface area contributed by atoms with Crippen LogP contribution in [0, 0.1) is 0 Å². The lowest BCUT2D eigenvalue weighted by molar-refractivity contribution is -0.170. The SMILES string of the molecule is COc1ncnc(OC)c1-n1c(CS(=O)(=O)[C@@H](C)[C@H](OC)c2ncc(Cl)cn2)nnc1C1CCC(OC(F)F)CC1. The number of aromatic nitrogens is 7. The van der Waals surface area contributed by atoms with Crippen molar-refractivity contribution in [1.82, 2.24) is 34.7 Å². The molecule has 0 unspecified atom stereocenters. The van der Waals surface area contributed by atoms with Gasteiger partial charge in [-0.05, 0) is 32.6 Å². The Morgan fingerprint density at radius 2 is 1.61 bits per heavy atom. The van der Waals surface area contributed by atoms with Crippen LogP contribution in [0.5, 0.6) is 11.8 Å². The van der Waals surface area contributed by atoms with Gasteiger partial charge in [0.05, 0.1) is 30.6 Å². The van der Waals surface area contributed by atoms with Crippen LogP contribution in [0.1, 0.15) is 62.1 Å². The maximum absolute atomic E-state index is 13.7. The Labute approximate surface area is 240 Å². The van der Waals surface area contributed by atoms with Crippen molar-refractivity contribution in [2.75, 3.05) is 21.3 Å². The van der Waals surface area contributed by atoms with E-state index in [2.05, 4.69) is 30.1 Å². The van der Waals surface area contributed by atoms with Crippen LogP contribution >= 0.6 is 11.6 Å². The standard InChI is InChI=1S/C24H30ClF2N7O6S/c1-13(19(37-2)20-28-9-15(25)10-29-20)41(35,36)11-17-32-33-21(14-5-7-16(8-6-14)40-24(26)27)34(17)18-22(38-3)30-12-31-23(18)39-4/h9-10,12-14,16,19,24H,5-8,11H2,1-4H3/t13-,14?,16?,19-/m0/s1. The van der Waals surface area contributed by atoms with Gasteiger partial charge in [-0.2, -0.15) is 18.7 Å². The van der Waals surface area contributed by atoms with Gasteiger partial charge in [-0.25, -0.2) is 18.4 Å². The minimum absolute atomic E-state index is 0.0519. The molecule has 17 heteroatoms. The second-order valence-corrected chi connectivity index (χ2v) is 12.1. The molecule has 0 bridgehead atoms. The van der Waals surface area contributed by atoms with E-state index < -0.39 is 39.7 Å². The monoisotopic (exact) mass is 617 g/mol. The molecule has 0 radical (unpaired) electrons. The van der Waals surface area contributed by atoms with Crippen molar-refractivity contribution in [2.45, 2.75) is 68.3 Å². The molecule has 0 N–H and O–H groups in total. The van der Waals surface area contributed by atoms with Gasteiger partial charge in [0.2, 0.25) is 11.8 Å². The Kier molecular flexibility index (Phi) is 9.99. The topological polar surface area (TPSA) is 153 Å². The molecule has 13 nitrogen and oxygen atoms in total. The highest BCUT2D eigenvalue weighted by Crippen LogP contribution is 2.39. The van der Waals surface area contributed by atoms with Crippen molar-refractivity contribution in [3.63, 3.8) is 0 Å². The molecule has 4 rings (SSSR count). The molecule has 224 valence electrons. The zero-order valence-electron chi connectivity index (χ0n) is 22.8. The molecule has 0 aliphatic heterocycles.